The molecule has 0 aliphatic carbocycles. The third-order valence-electron chi connectivity index (χ3n) is 5.72. The van der Waals surface area contributed by atoms with Gasteiger partial charge in [0.15, 0.2) is 0 Å². The van der Waals surface area contributed by atoms with Crippen LogP contribution in [-0.4, -0.2) is 78.9 Å². The van der Waals surface area contributed by atoms with E-state index in [1.165, 1.54) is 37.4 Å². The molecular formula is C24H30N4O10S3. The molecular weight excluding hydrogens is 600 g/mol. The fourth-order valence-electron chi connectivity index (χ4n) is 3.91. The minimum Gasteiger partial charge on any atom is -0.506 e. The molecule has 3 aromatic carbocycles. The lowest BCUT2D eigenvalue weighted by Gasteiger charge is -2.20. The van der Waals surface area contributed by atoms with E-state index in [0.29, 0.717) is 0 Å². The zero-order chi connectivity index (χ0) is 30.6. The van der Waals surface area contributed by atoms with E-state index >= 15 is 0 Å². The van der Waals surface area contributed by atoms with Gasteiger partial charge in [0.05, 0.1) is 29.9 Å². The zero-order valence-electron chi connectivity index (χ0n) is 22.6. The van der Waals surface area contributed by atoms with Crippen LogP contribution in [0.25, 0.3) is 10.8 Å². The lowest BCUT2D eigenvalue weighted by Crippen LogP contribution is -2.30. The van der Waals surface area contributed by atoms with Gasteiger partial charge in [-0.1, -0.05) is 26.0 Å². The van der Waals surface area contributed by atoms with Crippen LogP contribution in [0, 0.1) is 0 Å². The molecule has 0 heterocycles. The van der Waals surface area contributed by atoms with Crippen LogP contribution >= 0.6 is 0 Å². The average molecular weight is 631 g/mol. The minimum absolute atomic E-state index is 0.000710. The first-order chi connectivity index (χ1) is 19.1. The Morgan fingerprint density at radius 3 is 2.20 bits per heavy atom. The van der Waals surface area contributed by atoms with Crippen molar-refractivity contribution in [3.63, 3.8) is 0 Å². The first kappa shape index (κ1) is 32.2. The SMILES string of the molecule is CCN(CC)S(=O)(=O)c1cc(N=Nc2ccc(OCCOC)c(S(=O)(=O)O)c2)c2c(NS(C)(=O)=O)cccc2c1O. The Kier molecular flexibility index (Phi) is 9.94. The fourth-order valence-corrected chi connectivity index (χ4v) is 6.71. The number of rotatable bonds is 13. The second-order valence-corrected chi connectivity index (χ2v) is 13.6. The maximum Gasteiger partial charge on any atom is 0.298 e. The molecule has 0 fully saturated rings. The van der Waals surface area contributed by atoms with Crippen LogP contribution in [0.1, 0.15) is 13.8 Å². The number of azo groups is 1. The van der Waals surface area contributed by atoms with Gasteiger partial charge in [0.1, 0.15) is 27.9 Å². The Labute approximate surface area is 238 Å². The molecule has 0 saturated carbocycles. The van der Waals surface area contributed by atoms with Gasteiger partial charge in [-0.25, -0.2) is 16.8 Å². The standard InChI is InChI=1S/C24H30N4O10S3/c1-5-28(6-2)40(32,33)22-15-19(23-17(24(22)29)8-7-9-18(23)27-39(4,30)31)26-25-16-10-11-20(38-13-12-37-3)21(14-16)41(34,35)36/h7-11,14-15,27,29H,5-6,12-13H2,1-4H3,(H,34,35,36). The number of methoxy groups -OCH3 is 1. The van der Waals surface area contributed by atoms with E-state index in [4.69, 9.17) is 9.47 Å². The van der Waals surface area contributed by atoms with E-state index < -0.39 is 45.7 Å². The molecule has 0 atom stereocenters. The van der Waals surface area contributed by atoms with E-state index in [1.54, 1.807) is 13.8 Å². The summed E-state index contributed by atoms with van der Waals surface area (Å²) in [6.45, 7) is 3.63. The van der Waals surface area contributed by atoms with Gasteiger partial charge in [-0.3, -0.25) is 9.27 Å². The van der Waals surface area contributed by atoms with Gasteiger partial charge in [0.2, 0.25) is 20.0 Å². The number of phenols is 1. The summed E-state index contributed by atoms with van der Waals surface area (Å²) < 4.78 is 98.1. The number of fused-ring (bicyclic) bond motifs is 1. The monoisotopic (exact) mass is 630 g/mol. The molecule has 0 amide bonds. The largest absolute Gasteiger partial charge is 0.506 e. The summed E-state index contributed by atoms with van der Waals surface area (Å²) in [5.74, 6) is -0.778. The summed E-state index contributed by atoms with van der Waals surface area (Å²) in [4.78, 5) is -1.08. The first-order valence-electron chi connectivity index (χ1n) is 12.1. The Hall–Kier alpha value is -3.35. The van der Waals surface area contributed by atoms with E-state index in [-0.39, 0.29) is 59.9 Å². The van der Waals surface area contributed by atoms with Crippen LogP contribution in [0.15, 0.2) is 62.5 Å². The van der Waals surface area contributed by atoms with Crippen molar-refractivity contribution >= 4 is 58.0 Å². The van der Waals surface area contributed by atoms with Gasteiger partial charge in [-0.2, -0.15) is 17.8 Å². The second-order valence-electron chi connectivity index (χ2n) is 8.58. The van der Waals surface area contributed by atoms with E-state index in [1.807, 2.05) is 0 Å². The molecule has 41 heavy (non-hydrogen) atoms. The number of hydrogen-bond donors (Lipinski definition) is 3. The number of nitrogens with zero attached hydrogens (tertiary/aromatic N) is 3. The normalized spacial score (nSPS) is 12.8. The number of sulfonamides is 2. The molecule has 224 valence electrons. The summed E-state index contributed by atoms with van der Waals surface area (Å²) in [6, 6.07) is 8.83. The van der Waals surface area contributed by atoms with Gasteiger partial charge in [0, 0.05) is 31.0 Å². The van der Waals surface area contributed by atoms with Crippen molar-refractivity contribution in [1.29, 1.82) is 0 Å². The molecule has 3 N–H and O–H groups in total. The Morgan fingerprint density at radius 1 is 0.927 bits per heavy atom. The highest BCUT2D eigenvalue weighted by atomic mass is 32.2. The molecule has 0 aliphatic rings. The molecule has 3 rings (SSSR count). The fraction of sp³-hybridized carbons (Fsp3) is 0.333. The van der Waals surface area contributed by atoms with Gasteiger partial charge in [-0.05, 0) is 30.3 Å². The number of phenolic OH excluding ortho intramolecular Hbond substituents is 1. The summed E-state index contributed by atoms with van der Waals surface area (Å²) in [7, 11) is -11.3. The van der Waals surface area contributed by atoms with Crippen LogP contribution < -0.4 is 9.46 Å². The van der Waals surface area contributed by atoms with Crippen molar-refractivity contribution in [2.45, 2.75) is 23.6 Å². The Bertz CT molecular complexity index is 1790. The van der Waals surface area contributed by atoms with Crippen LogP contribution in [0.5, 0.6) is 11.5 Å². The Morgan fingerprint density at radius 2 is 1.61 bits per heavy atom. The summed E-state index contributed by atoms with van der Waals surface area (Å²) in [5.41, 5.74) is -0.231. The molecule has 0 radical (unpaired) electrons. The van der Waals surface area contributed by atoms with E-state index in [2.05, 4.69) is 15.0 Å². The minimum atomic E-state index is -4.75. The third kappa shape index (κ3) is 7.49. The highest BCUT2D eigenvalue weighted by Gasteiger charge is 2.28. The third-order valence-corrected chi connectivity index (χ3v) is 9.25. The summed E-state index contributed by atoms with van der Waals surface area (Å²) in [6.07, 6.45) is 0.916. The lowest BCUT2D eigenvalue weighted by atomic mass is 10.1. The molecule has 0 aromatic heterocycles. The number of benzene rings is 3. The maximum absolute atomic E-state index is 13.4. The smallest absolute Gasteiger partial charge is 0.298 e. The van der Waals surface area contributed by atoms with E-state index in [9.17, 15) is 34.9 Å². The highest BCUT2D eigenvalue weighted by molar-refractivity contribution is 7.92. The van der Waals surface area contributed by atoms with Gasteiger partial charge in [0.25, 0.3) is 10.1 Å². The van der Waals surface area contributed by atoms with Crippen LogP contribution in [0.3, 0.4) is 0 Å². The number of anilines is 1. The van der Waals surface area contributed by atoms with Crippen molar-refractivity contribution in [3.05, 3.63) is 42.5 Å². The highest BCUT2D eigenvalue weighted by Crippen LogP contribution is 2.43. The molecule has 0 aliphatic heterocycles. The number of nitrogens with one attached hydrogen (secondary N) is 1. The van der Waals surface area contributed by atoms with Gasteiger partial charge in [-0.15, -0.1) is 5.11 Å². The molecule has 0 unspecified atom stereocenters. The van der Waals surface area contributed by atoms with Crippen LogP contribution in [0.4, 0.5) is 17.1 Å². The molecule has 17 heteroatoms. The Balaban J connectivity index is 2.28. The van der Waals surface area contributed by atoms with Crippen LogP contribution in [0.2, 0.25) is 0 Å². The number of hydrogen-bond acceptors (Lipinski definition) is 11. The molecule has 0 bridgehead atoms. The maximum atomic E-state index is 13.4. The molecule has 14 nitrogen and oxygen atoms in total. The predicted octanol–water partition coefficient (Wildman–Crippen LogP) is 3.63. The van der Waals surface area contributed by atoms with Crippen molar-refractivity contribution in [2.75, 3.05) is 44.4 Å². The quantitative estimate of drug-likeness (QED) is 0.142. The van der Waals surface area contributed by atoms with Crippen molar-refractivity contribution in [1.82, 2.24) is 4.31 Å². The molecule has 0 saturated heterocycles. The average Bonchev–Trinajstić information content (AvgIpc) is 2.88. The zero-order valence-corrected chi connectivity index (χ0v) is 25.0. The van der Waals surface area contributed by atoms with Crippen molar-refractivity contribution in [2.24, 2.45) is 10.2 Å². The molecule has 3 aromatic rings. The predicted molar refractivity (Wildman–Crippen MR) is 152 cm³/mol. The molecule has 0 spiro atoms. The summed E-state index contributed by atoms with van der Waals surface area (Å²) >= 11 is 0. The lowest BCUT2D eigenvalue weighted by molar-refractivity contribution is 0.144. The second kappa shape index (κ2) is 12.7. The first-order valence-corrected chi connectivity index (χ1v) is 16.8. The summed E-state index contributed by atoms with van der Waals surface area (Å²) in [5, 5.41) is 19.2. The van der Waals surface area contributed by atoms with E-state index in [0.717, 1.165) is 22.7 Å². The van der Waals surface area contributed by atoms with Crippen LogP contribution in [-0.2, 0) is 34.9 Å². The van der Waals surface area contributed by atoms with Crippen molar-refractivity contribution < 1.29 is 44.4 Å². The number of aromatic hydroxyl groups is 1. The topological polar surface area (TPSA) is 201 Å². The van der Waals surface area contributed by atoms with Gasteiger partial charge >= 0.3 is 0 Å². The van der Waals surface area contributed by atoms with Crippen molar-refractivity contribution in [3.8, 4) is 11.5 Å². The number of ether oxygens (including phenoxy) is 2. The van der Waals surface area contributed by atoms with Gasteiger partial charge < -0.3 is 14.6 Å².